The van der Waals surface area contributed by atoms with E-state index in [4.69, 9.17) is 6.42 Å². The summed E-state index contributed by atoms with van der Waals surface area (Å²) in [6, 6.07) is 4.50. The smallest absolute Gasteiger partial charge is 0.0301 e. The molecule has 0 unspecified atom stereocenters. The average Bonchev–Trinajstić information content (AvgIpc) is 2.28. The molecule has 1 rings (SSSR count). The van der Waals surface area contributed by atoms with Gasteiger partial charge in [0.2, 0.25) is 0 Å². The zero-order valence-electron chi connectivity index (χ0n) is 11.5. The normalized spacial score (nSPS) is 10.2. The summed E-state index contributed by atoms with van der Waals surface area (Å²) in [7, 11) is 0. The van der Waals surface area contributed by atoms with Crippen LogP contribution in [0.15, 0.2) is 12.1 Å². The Morgan fingerprint density at radius 1 is 1.00 bits per heavy atom. The van der Waals surface area contributed by atoms with Gasteiger partial charge in [0.25, 0.3) is 0 Å². The van der Waals surface area contributed by atoms with Crippen LogP contribution in [0.4, 0.5) is 0 Å². The Morgan fingerprint density at radius 2 is 1.59 bits per heavy atom. The fraction of sp³-hybridized carbons (Fsp3) is 0.529. The summed E-state index contributed by atoms with van der Waals surface area (Å²) < 4.78 is 0. The van der Waals surface area contributed by atoms with E-state index in [0.29, 0.717) is 0 Å². The molecule has 0 atom stereocenters. The van der Waals surface area contributed by atoms with Gasteiger partial charge in [0, 0.05) is 5.56 Å². The maximum absolute atomic E-state index is 5.51. The van der Waals surface area contributed by atoms with E-state index in [2.05, 4.69) is 38.8 Å². The number of aryl methyl sites for hydroxylation is 3. The quantitative estimate of drug-likeness (QED) is 0.485. The highest BCUT2D eigenvalue weighted by Crippen LogP contribution is 2.17. The Kier molecular flexibility index (Phi) is 5.84. The molecule has 0 saturated carbocycles. The molecular formula is C17H24. The molecule has 0 saturated heterocycles. The van der Waals surface area contributed by atoms with E-state index in [1.165, 1.54) is 55.2 Å². The number of terminal acetylenes is 1. The van der Waals surface area contributed by atoms with E-state index in [9.17, 15) is 0 Å². The van der Waals surface area contributed by atoms with E-state index in [1.807, 2.05) is 0 Å². The lowest BCUT2D eigenvalue weighted by atomic mass is 9.97. The lowest BCUT2D eigenvalue weighted by Gasteiger charge is -2.08. The van der Waals surface area contributed by atoms with Crippen molar-refractivity contribution >= 4 is 0 Å². The molecule has 17 heavy (non-hydrogen) atoms. The van der Waals surface area contributed by atoms with Crippen LogP contribution in [0.25, 0.3) is 0 Å². The van der Waals surface area contributed by atoms with E-state index in [-0.39, 0.29) is 0 Å². The number of unbranched alkanes of at least 4 members (excludes halogenated alkanes) is 4. The summed E-state index contributed by atoms with van der Waals surface area (Å²) in [4.78, 5) is 0. The zero-order valence-corrected chi connectivity index (χ0v) is 11.5. The molecule has 1 aromatic rings. The Bertz CT molecular complexity index is 370. The fourth-order valence-electron chi connectivity index (χ4n) is 2.36. The fourth-order valence-corrected chi connectivity index (χ4v) is 2.36. The molecule has 0 nitrogen and oxygen atoms in total. The van der Waals surface area contributed by atoms with Crippen LogP contribution in [-0.2, 0) is 6.42 Å². The maximum Gasteiger partial charge on any atom is 0.0301 e. The number of rotatable bonds is 6. The Morgan fingerprint density at radius 3 is 2.12 bits per heavy atom. The van der Waals surface area contributed by atoms with Gasteiger partial charge in [-0.25, -0.2) is 0 Å². The molecule has 0 N–H and O–H groups in total. The molecule has 1 aromatic carbocycles. The van der Waals surface area contributed by atoms with Gasteiger partial charge in [-0.05, 0) is 43.4 Å². The van der Waals surface area contributed by atoms with Gasteiger partial charge < -0.3 is 0 Å². The summed E-state index contributed by atoms with van der Waals surface area (Å²) in [5.74, 6) is 2.77. The first-order valence-corrected chi connectivity index (χ1v) is 6.75. The first-order valence-electron chi connectivity index (χ1n) is 6.75. The molecule has 0 bridgehead atoms. The first-order chi connectivity index (χ1) is 8.19. The van der Waals surface area contributed by atoms with E-state index >= 15 is 0 Å². The second kappa shape index (κ2) is 7.17. The van der Waals surface area contributed by atoms with Gasteiger partial charge in [0.1, 0.15) is 0 Å². The molecule has 0 amide bonds. The van der Waals surface area contributed by atoms with Crippen LogP contribution in [0.1, 0.15) is 61.3 Å². The van der Waals surface area contributed by atoms with Gasteiger partial charge in [0.15, 0.2) is 0 Å². The molecule has 92 valence electrons. The van der Waals surface area contributed by atoms with Crippen LogP contribution in [0.5, 0.6) is 0 Å². The molecule has 0 heteroatoms. The second-order valence-corrected chi connectivity index (χ2v) is 4.91. The zero-order chi connectivity index (χ0) is 12.7. The minimum Gasteiger partial charge on any atom is -0.115 e. The molecule has 0 aliphatic carbocycles. The van der Waals surface area contributed by atoms with Crippen molar-refractivity contribution < 1.29 is 0 Å². The average molecular weight is 228 g/mol. The monoisotopic (exact) mass is 228 g/mol. The number of benzene rings is 1. The minimum atomic E-state index is 1.07. The van der Waals surface area contributed by atoms with Gasteiger partial charge in [-0.1, -0.05) is 50.7 Å². The molecule has 0 aromatic heterocycles. The van der Waals surface area contributed by atoms with Gasteiger partial charge >= 0.3 is 0 Å². The van der Waals surface area contributed by atoms with Crippen molar-refractivity contribution in [2.45, 2.75) is 59.3 Å². The number of hydrogen-bond acceptors (Lipinski definition) is 0. The number of hydrogen-bond donors (Lipinski definition) is 0. The lowest BCUT2D eigenvalue weighted by molar-refractivity contribution is 0.632. The van der Waals surface area contributed by atoms with Crippen molar-refractivity contribution in [1.29, 1.82) is 0 Å². The van der Waals surface area contributed by atoms with Gasteiger partial charge in [0.05, 0.1) is 0 Å². The van der Waals surface area contributed by atoms with Crippen LogP contribution < -0.4 is 0 Å². The highest BCUT2D eigenvalue weighted by atomic mass is 14.1. The van der Waals surface area contributed by atoms with Crippen LogP contribution in [0.3, 0.4) is 0 Å². The predicted octanol–water partition coefficient (Wildman–Crippen LogP) is 4.80. The third-order valence-electron chi connectivity index (χ3n) is 3.31. The summed E-state index contributed by atoms with van der Waals surface area (Å²) >= 11 is 0. The summed E-state index contributed by atoms with van der Waals surface area (Å²) in [6.45, 7) is 6.48. The van der Waals surface area contributed by atoms with Crippen molar-refractivity contribution in [3.05, 3.63) is 34.4 Å². The van der Waals surface area contributed by atoms with Crippen molar-refractivity contribution in [3.63, 3.8) is 0 Å². The third kappa shape index (κ3) is 4.27. The van der Waals surface area contributed by atoms with Crippen LogP contribution in [0.2, 0.25) is 0 Å². The Balaban J connectivity index is 2.53. The molecular weight excluding hydrogens is 204 g/mol. The second-order valence-electron chi connectivity index (χ2n) is 4.91. The van der Waals surface area contributed by atoms with Crippen LogP contribution in [0, 0.1) is 26.2 Å². The summed E-state index contributed by atoms with van der Waals surface area (Å²) in [5, 5.41) is 0. The topological polar surface area (TPSA) is 0 Å². The van der Waals surface area contributed by atoms with E-state index in [0.717, 1.165) is 5.56 Å². The van der Waals surface area contributed by atoms with Crippen molar-refractivity contribution in [3.8, 4) is 12.3 Å². The van der Waals surface area contributed by atoms with Crippen LogP contribution in [-0.4, -0.2) is 0 Å². The van der Waals surface area contributed by atoms with Crippen molar-refractivity contribution in [1.82, 2.24) is 0 Å². The largest absolute Gasteiger partial charge is 0.115 e. The van der Waals surface area contributed by atoms with E-state index < -0.39 is 0 Å². The van der Waals surface area contributed by atoms with Gasteiger partial charge in [-0.15, -0.1) is 6.42 Å². The highest BCUT2D eigenvalue weighted by molar-refractivity contribution is 5.47. The molecule has 0 fully saturated rings. The third-order valence-corrected chi connectivity index (χ3v) is 3.31. The van der Waals surface area contributed by atoms with Crippen molar-refractivity contribution in [2.75, 3.05) is 0 Å². The molecule has 0 heterocycles. The van der Waals surface area contributed by atoms with Gasteiger partial charge in [-0.3, -0.25) is 0 Å². The van der Waals surface area contributed by atoms with Crippen LogP contribution >= 0.6 is 0 Å². The minimum absolute atomic E-state index is 1.07. The Hall–Kier alpha value is -1.22. The van der Waals surface area contributed by atoms with Gasteiger partial charge in [-0.2, -0.15) is 0 Å². The molecule has 0 aliphatic heterocycles. The highest BCUT2D eigenvalue weighted by Gasteiger charge is 2.02. The molecule has 0 radical (unpaired) electrons. The van der Waals surface area contributed by atoms with E-state index in [1.54, 1.807) is 0 Å². The van der Waals surface area contributed by atoms with Crippen molar-refractivity contribution in [2.24, 2.45) is 0 Å². The Labute approximate surface area is 106 Å². The first kappa shape index (κ1) is 13.8. The molecule has 0 spiro atoms. The standard InChI is InChI=1S/C17H24/c1-5-7-8-9-10-11-16-12-14(3)17(6-2)15(4)13-16/h2,12-13H,5,7-11H2,1,3-4H3. The predicted molar refractivity (Wildman–Crippen MR) is 76.3 cm³/mol. The lowest BCUT2D eigenvalue weighted by Crippen LogP contribution is -1.93. The SMILES string of the molecule is C#Cc1c(C)cc(CCCCCCC)cc1C. The molecule has 0 aliphatic rings. The summed E-state index contributed by atoms with van der Waals surface area (Å²) in [6.07, 6.45) is 13.4. The maximum atomic E-state index is 5.51. The summed E-state index contributed by atoms with van der Waals surface area (Å²) in [5.41, 5.74) is 5.00.